The average Bonchev–Trinajstić information content (AvgIpc) is 1.99. The van der Waals surface area contributed by atoms with E-state index in [1.165, 1.54) is 13.0 Å². The minimum absolute atomic E-state index is 0.285. The van der Waals surface area contributed by atoms with Gasteiger partial charge in [-0.1, -0.05) is 18.2 Å². The zero-order valence-electron chi connectivity index (χ0n) is 8.56. The van der Waals surface area contributed by atoms with Gasteiger partial charge in [0.25, 0.3) is 0 Å². The zero-order chi connectivity index (χ0) is 11.7. The van der Waals surface area contributed by atoms with Gasteiger partial charge >= 0.3 is 0 Å². The van der Waals surface area contributed by atoms with Gasteiger partial charge in [0.05, 0.1) is 11.9 Å². The van der Waals surface area contributed by atoms with Gasteiger partial charge in [-0.3, -0.25) is 10.5 Å². The highest BCUT2D eigenvalue weighted by atomic mass is 32.2. The first-order valence-corrected chi connectivity index (χ1v) is 6.18. The molecule has 1 rings (SSSR count). The van der Waals surface area contributed by atoms with Gasteiger partial charge in [0.2, 0.25) is 10.0 Å². The van der Waals surface area contributed by atoms with Crippen LogP contribution < -0.4 is 10.5 Å². The van der Waals surface area contributed by atoms with E-state index in [4.69, 9.17) is 5.73 Å². The molecular formula is C9H14N2O3S. The Hall–Kier alpha value is -1.11. The summed E-state index contributed by atoms with van der Waals surface area (Å²) < 4.78 is 24.4. The molecule has 4 N–H and O–H groups in total. The van der Waals surface area contributed by atoms with Gasteiger partial charge in [-0.05, 0) is 13.0 Å². The van der Waals surface area contributed by atoms with Crippen molar-refractivity contribution in [3.8, 4) is 0 Å². The first-order valence-electron chi connectivity index (χ1n) is 4.29. The van der Waals surface area contributed by atoms with Crippen molar-refractivity contribution in [2.45, 2.75) is 12.6 Å². The third-order valence-electron chi connectivity index (χ3n) is 1.77. The molecule has 0 radical (unpaired) electrons. The van der Waals surface area contributed by atoms with Crippen LogP contribution in [-0.2, 0) is 15.7 Å². The molecule has 1 atom stereocenters. The molecule has 84 valence electrons. The zero-order valence-corrected chi connectivity index (χ0v) is 9.38. The summed E-state index contributed by atoms with van der Waals surface area (Å²) in [5.41, 5.74) is 4.54. The van der Waals surface area contributed by atoms with E-state index in [0.717, 1.165) is 6.26 Å². The van der Waals surface area contributed by atoms with Crippen molar-refractivity contribution in [2.24, 2.45) is 5.73 Å². The van der Waals surface area contributed by atoms with Gasteiger partial charge in [0, 0.05) is 5.56 Å². The predicted octanol–water partition coefficient (Wildman–Crippen LogP) is 0.182. The molecule has 1 aromatic rings. The molecule has 0 heterocycles. The van der Waals surface area contributed by atoms with Crippen molar-refractivity contribution >= 4 is 15.7 Å². The number of aliphatic hydroxyl groups is 1. The smallest absolute Gasteiger partial charge is 0.229 e. The van der Waals surface area contributed by atoms with E-state index in [9.17, 15) is 13.5 Å². The summed E-state index contributed by atoms with van der Waals surface area (Å²) in [5, 5.41) is 9.61. The first-order chi connectivity index (χ1) is 6.70. The van der Waals surface area contributed by atoms with Gasteiger partial charge in [0.1, 0.15) is 5.72 Å². The molecule has 0 bridgehead atoms. The van der Waals surface area contributed by atoms with E-state index in [2.05, 4.69) is 4.72 Å². The molecule has 0 fully saturated rings. The standard InChI is InChI=1S/C9H14N2O3S/c1-9(10,12)7-5-3-4-6-8(7)11-15(2,13)14/h3-6,11-12H,10H2,1-2H3. The van der Waals surface area contributed by atoms with E-state index in [-0.39, 0.29) is 5.69 Å². The molecule has 5 nitrogen and oxygen atoms in total. The monoisotopic (exact) mass is 230 g/mol. The second-order valence-electron chi connectivity index (χ2n) is 3.57. The fourth-order valence-corrected chi connectivity index (χ4v) is 1.79. The second kappa shape index (κ2) is 3.80. The van der Waals surface area contributed by atoms with Crippen LogP contribution in [0.1, 0.15) is 12.5 Å². The number of benzene rings is 1. The van der Waals surface area contributed by atoms with Crippen molar-refractivity contribution in [1.82, 2.24) is 0 Å². The number of nitrogens with two attached hydrogens (primary N) is 1. The summed E-state index contributed by atoms with van der Waals surface area (Å²) in [5.74, 6) is 0. The highest BCUT2D eigenvalue weighted by molar-refractivity contribution is 7.92. The maximum atomic E-state index is 11.0. The molecule has 0 aromatic heterocycles. The Bertz CT molecular complexity index is 449. The van der Waals surface area contributed by atoms with Crippen LogP contribution in [0.15, 0.2) is 24.3 Å². The molecule has 0 spiro atoms. The fraction of sp³-hybridized carbons (Fsp3) is 0.333. The maximum Gasteiger partial charge on any atom is 0.229 e. The lowest BCUT2D eigenvalue weighted by Gasteiger charge is -2.21. The lowest BCUT2D eigenvalue weighted by Crippen LogP contribution is -2.33. The van der Waals surface area contributed by atoms with Gasteiger partial charge in [0.15, 0.2) is 0 Å². The summed E-state index contributed by atoms with van der Waals surface area (Å²) in [6, 6.07) is 6.43. The normalized spacial score (nSPS) is 15.7. The number of hydrogen-bond donors (Lipinski definition) is 3. The van der Waals surface area contributed by atoms with Crippen molar-refractivity contribution in [3.63, 3.8) is 0 Å². The lowest BCUT2D eigenvalue weighted by molar-refractivity contribution is 0.0655. The van der Waals surface area contributed by atoms with E-state index < -0.39 is 15.7 Å². The maximum absolute atomic E-state index is 11.0. The Morgan fingerprint density at radius 2 is 1.93 bits per heavy atom. The highest BCUT2D eigenvalue weighted by Gasteiger charge is 2.21. The quantitative estimate of drug-likeness (QED) is 0.646. The van der Waals surface area contributed by atoms with Crippen molar-refractivity contribution < 1.29 is 13.5 Å². The van der Waals surface area contributed by atoms with Crippen LogP contribution >= 0.6 is 0 Å². The van der Waals surface area contributed by atoms with E-state index in [1.54, 1.807) is 18.2 Å². The molecule has 0 aliphatic heterocycles. The Balaban J connectivity index is 3.19. The van der Waals surface area contributed by atoms with Gasteiger partial charge in [-0.15, -0.1) is 0 Å². The average molecular weight is 230 g/mol. The summed E-state index contributed by atoms with van der Waals surface area (Å²) in [6.45, 7) is 1.38. The largest absolute Gasteiger partial charge is 0.372 e. The predicted molar refractivity (Wildman–Crippen MR) is 58.7 cm³/mol. The molecule has 0 saturated carbocycles. The van der Waals surface area contributed by atoms with Gasteiger partial charge in [-0.2, -0.15) is 0 Å². The van der Waals surface area contributed by atoms with Crippen molar-refractivity contribution in [2.75, 3.05) is 11.0 Å². The summed E-state index contributed by atoms with van der Waals surface area (Å²) >= 11 is 0. The highest BCUT2D eigenvalue weighted by Crippen LogP contribution is 2.24. The molecule has 0 amide bonds. The topological polar surface area (TPSA) is 92.4 Å². The Morgan fingerprint density at radius 3 is 2.40 bits per heavy atom. The van der Waals surface area contributed by atoms with Crippen LogP contribution in [0.4, 0.5) is 5.69 Å². The number of para-hydroxylation sites is 1. The molecule has 6 heteroatoms. The molecule has 0 aliphatic rings. The van der Waals surface area contributed by atoms with Gasteiger partial charge in [-0.25, -0.2) is 8.42 Å². The molecule has 0 aliphatic carbocycles. The Labute approximate surface area is 89.0 Å². The van der Waals surface area contributed by atoms with E-state index in [1.807, 2.05) is 0 Å². The first kappa shape index (κ1) is 12.0. The van der Waals surface area contributed by atoms with Crippen LogP contribution in [0.3, 0.4) is 0 Å². The third kappa shape index (κ3) is 3.50. The Morgan fingerprint density at radius 1 is 1.40 bits per heavy atom. The molecule has 1 aromatic carbocycles. The molecule has 1 unspecified atom stereocenters. The van der Waals surface area contributed by atoms with Crippen LogP contribution in [0, 0.1) is 0 Å². The van der Waals surface area contributed by atoms with Crippen molar-refractivity contribution in [1.29, 1.82) is 0 Å². The van der Waals surface area contributed by atoms with Crippen molar-refractivity contribution in [3.05, 3.63) is 29.8 Å². The number of anilines is 1. The Kier molecular flexibility index (Phi) is 3.03. The summed E-state index contributed by atoms with van der Waals surface area (Å²) in [4.78, 5) is 0. The lowest BCUT2D eigenvalue weighted by atomic mass is 10.0. The molecular weight excluding hydrogens is 216 g/mol. The van der Waals surface area contributed by atoms with Crippen LogP contribution in [-0.4, -0.2) is 19.8 Å². The third-order valence-corrected chi connectivity index (χ3v) is 2.36. The molecule has 15 heavy (non-hydrogen) atoms. The minimum Gasteiger partial charge on any atom is -0.372 e. The minimum atomic E-state index is -3.38. The summed E-state index contributed by atoms with van der Waals surface area (Å²) in [7, 11) is -3.38. The SMILES string of the molecule is CC(N)(O)c1ccccc1NS(C)(=O)=O. The van der Waals surface area contributed by atoms with Crippen LogP contribution in [0.25, 0.3) is 0 Å². The number of nitrogens with one attached hydrogen (secondary N) is 1. The number of rotatable bonds is 3. The van der Waals surface area contributed by atoms with Crippen LogP contribution in [0.2, 0.25) is 0 Å². The van der Waals surface area contributed by atoms with Gasteiger partial charge < -0.3 is 5.11 Å². The second-order valence-corrected chi connectivity index (χ2v) is 5.32. The van der Waals surface area contributed by atoms with E-state index in [0.29, 0.717) is 5.56 Å². The van der Waals surface area contributed by atoms with E-state index >= 15 is 0 Å². The number of hydrogen-bond acceptors (Lipinski definition) is 4. The fourth-order valence-electron chi connectivity index (χ4n) is 1.21. The summed E-state index contributed by atoms with van der Waals surface area (Å²) in [6.07, 6.45) is 1.04. The van der Waals surface area contributed by atoms with Crippen LogP contribution in [0.5, 0.6) is 0 Å². The molecule has 0 saturated heterocycles. The number of sulfonamides is 1.